The zero-order valence-corrected chi connectivity index (χ0v) is 11.3. The van der Waals surface area contributed by atoms with Gasteiger partial charge in [-0.2, -0.15) is 0 Å². The molecule has 0 aliphatic heterocycles. The third kappa shape index (κ3) is 2.45. The van der Waals surface area contributed by atoms with Crippen molar-refractivity contribution >= 4 is 28.3 Å². The Hall–Kier alpha value is -2.82. The van der Waals surface area contributed by atoms with Gasteiger partial charge in [0.25, 0.3) is 5.91 Å². The molecule has 5 heteroatoms. The molecule has 0 radical (unpaired) electrons. The van der Waals surface area contributed by atoms with Crippen LogP contribution in [0.4, 0.5) is 15.8 Å². The monoisotopic (exact) mass is 284 g/mol. The van der Waals surface area contributed by atoms with Gasteiger partial charge in [0.15, 0.2) is 5.76 Å². The number of nitrogens with one attached hydrogen (secondary N) is 1. The fourth-order valence-corrected chi connectivity index (χ4v) is 2.12. The smallest absolute Gasteiger partial charge is 0.291 e. The molecule has 106 valence electrons. The summed E-state index contributed by atoms with van der Waals surface area (Å²) in [6, 6.07) is 11.4. The van der Waals surface area contributed by atoms with Gasteiger partial charge in [0.1, 0.15) is 17.1 Å². The van der Waals surface area contributed by atoms with E-state index < -0.39 is 11.7 Å². The lowest BCUT2D eigenvalue weighted by Crippen LogP contribution is -2.13. The summed E-state index contributed by atoms with van der Waals surface area (Å²) in [6.07, 6.45) is 0. The first-order valence-corrected chi connectivity index (χ1v) is 6.40. The number of para-hydroxylation sites is 1. The van der Waals surface area contributed by atoms with Crippen LogP contribution >= 0.6 is 0 Å². The Kier molecular flexibility index (Phi) is 3.10. The minimum absolute atomic E-state index is 0.0425. The quantitative estimate of drug-likeness (QED) is 0.705. The molecular formula is C16H13FN2O2. The number of carbonyl (C=O) groups is 1. The number of furan rings is 1. The van der Waals surface area contributed by atoms with Crippen LogP contribution in [0.5, 0.6) is 0 Å². The van der Waals surface area contributed by atoms with E-state index in [0.717, 1.165) is 10.9 Å². The maximum Gasteiger partial charge on any atom is 0.291 e. The molecule has 0 unspecified atom stereocenters. The van der Waals surface area contributed by atoms with Crippen molar-refractivity contribution in [2.75, 3.05) is 11.1 Å². The van der Waals surface area contributed by atoms with Crippen molar-refractivity contribution in [1.29, 1.82) is 0 Å². The highest BCUT2D eigenvalue weighted by Crippen LogP contribution is 2.25. The third-order valence-electron chi connectivity index (χ3n) is 3.18. The van der Waals surface area contributed by atoms with Crippen molar-refractivity contribution in [3.63, 3.8) is 0 Å². The average molecular weight is 284 g/mol. The van der Waals surface area contributed by atoms with E-state index >= 15 is 0 Å². The molecule has 0 aliphatic carbocycles. The van der Waals surface area contributed by atoms with Gasteiger partial charge in [-0.3, -0.25) is 4.79 Å². The van der Waals surface area contributed by atoms with Crippen LogP contribution in [-0.2, 0) is 0 Å². The predicted octanol–water partition coefficient (Wildman–Crippen LogP) is 3.71. The molecule has 3 N–H and O–H groups in total. The van der Waals surface area contributed by atoms with Crippen molar-refractivity contribution in [3.8, 4) is 0 Å². The summed E-state index contributed by atoms with van der Waals surface area (Å²) in [5, 5.41) is 3.26. The lowest BCUT2D eigenvalue weighted by Gasteiger charge is -2.07. The number of aryl methyl sites for hydroxylation is 1. The van der Waals surface area contributed by atoms with E-state index in [9.17, 15) is 9.18 Å². The van der Waals surface area contributed by atoms with Crippen LogP contribution in [0.15, 0.2) is 46.9 Å². The lowest BCUT2D eigenvalue weighted by atomic mass is 10.2. The van der Waals surface area contributed by atoms with E-state index in [-0.39, 0.29) is 17.1 Å². The minimum atomic E-state index is -0.588. The zero-order chi connectivity index (χ0) is 15.0. The molecule has 0 saturated carbocycles. The fourth-order valence-electron chi connectivity index (χ4n) is 2.12. The van der Waals surface area contributed by atoms with E-state index in [2.05, 4.69) is 5.32 Å². The van der Waals surface area contributed by atoms with E-state index in [1.165, 1.54) is 18.2 Å². The summed E-state index contributed by atoms with van der Waals surface area (Å²) in [6.45, 7) is 1.95. The largest absolute Gasteiger partial charge is 0.451 e. The van der Waals surface area contributed by atoms with E-state index in [1.807, 2.05) is 19.1 Å². The van der Waals surface area contributed by atoms with Crippen molar-refractivity contribution in [1.82, 2.24) is 0 Å². The van der Waals surface area contributed by atoms with Gasteiger partial charge in [-0.05, 0) is 37.3 Å². The van der Waals surface area contributed by atoms with Crippen LogP contribution in [0.25, 0.3) is 11.0 Å². The number of hydrogen-bond donors (Lipinski definition) is 2. The van der Waals surface area contributed by atoms with Crippen LogP contribution in [0, 0.1) is 12.7 Å². The van der Waals surface area contributed by atoms with Gasteiger partial charge in [0.2, 0.25) is 0 Å². The van der Waals surface area contributed by atoms with Crippen LogP contribution in [0.2, 0.25) is 0 Å². The molecule has 4 nitrogen and oxygen atoms in total. The van der Waals surface area contributed by atoms with Gasteiger partial charge in [-0.15, -0.1) is 0 Å². The first kappa shape index (κ1) is 13.2. The summed E-state index contributed by atoms with van der Waals surface area (Å²) in [5.41, 5.74) is 7.44. The summed E-state index contributed by atoms with van der Waals surface area (Å²) < 4.78 is 19.1. The number of nitrogen functional groups attached to an aromatic ring is 1. The number of amides is 1. The highest BCUT2D eigenvalue weighted by molar-refractivity contribution is 6.06. The Labute approximate surface area is 120 Å². The third-order valence-corrected chi connectivity index (χ3v) is 3.18. The van der Waals surface area contributed by atoms with Crippen molar-refractivity contribution in [3.05, 3.63) is 59.6 Å². The standard InChI is InChI=1S/C16H13FN2O2/c1-9-5-6-13-10(7-9)8-14(21-13)16(20)19-15-11(17)3-2-4-12(15)18/h2-8H,18H2,1H3,(H,19,20). The fraction of sp³-hybridized carbons (Fsp3) is 0.0625. The van der Waals surface area contributed by atoms with Gasteiger partial charge in [-0.1, -0.05) is 17.7 Å². The summed E-state index contributed by atoms with van der Waals surface area (Å²) in [5.74, 6) is -1.02. The predicted molar refractivity (Wildman–Crippen MR) is 79.7 cm³/mol. The number of benzene rings is 2. The molecule has 0 bridgehead atoms. The van der Waals surface area contributed by atoms with Crippen LogP contribution in [-0.4, -0.2) is 5.91 Å². The molecular weight excluding hydrogens is 271 g/mol. The van der Waals surface area contributed by atoms with Gasteiger partial charge >= 0.3 is 0 Å². The molecule has 0 saturated heterocycles. The van der Waals surface area contributed by atoms with E-state index in [1.54, 1.807) is 12.1 Å². The molecule has 0 aliphatic rings. The Balaban J connectivity index is 1.94. The second-order valence-corrected chi connectivity index (χ2v) is 4.81. The number of rotatable bonds is 2. The molecule has 1 aromatic heterocycles. The summed E-state index contributed by atoms with van der Waals surface area (Å²) >= 11 is 0. The second-order valence-electron chi connectivity index (χ2n) is 4.81. The second kappa shape index (κ2) is 4.94. The van der Waals surface area contributed by atoms with Gasteiger partial charge < -0.3 is 15.5 Å². The van der Waals surface area contributed by atoms with E-state index in [4.69, 9.17) is 10.2 Å². The van der Waals surface area contributed by atoms with Gasteiger partial charge in [0, 0.05) is 5.39 Å². The van der Waals surface area contributed by atoms with Gasteiger partial charge in [0.05, 0.1) is 5.69 Å². The molecule has 3 rings (SSSR count). The Morgan fingerprint density at radius 1 is 1.24 bits per heavy atom. The summed E-state index contributed by atoms with van der Waals surface area (Å²) in [7, 11) is 0. The number of carbonyl (C=O) groups excluding carboxylic acids is 1. The molecule has 2 aromatic carbocycles. The molecule has 1 amide bonds. The first-order chi connectivity index (χ1) is 10.0. The number of fused-ring (bicyclic) bond motifs is 1. The molecule has 0 atom stereocenters. The van der Waals surface area contributed by atoms with Crippen LogP contribution in [0.3, 0.4) is 0 Å². The molecule has 0 spiro atoms. The van der Waals surface area contributed by atoms with Crippen LogP contribution < -0.4 is 11.1 Å². The Bertz CT molecular complexity index is 819. The minimum Gasteiger partial charge on any atom is -0.451 e. The highest BCUT2D eigenvalue weighted by atomic mass is 19.1. The number of anilines is 2. The topological polar surface area (TPSA) is 68.3 Å². The number of halogens is 1. The van der Waals surface area contributed by atoms with Crippen molar-refractivity contribution in [2.45, 2.75) is 6.92 Å². The number of nitrogens with two attached hydrogens (primary N) is 1. The zero-order valence-electron chi connectivity index (χ0n) is 11.3. The Morgan fingerprint density at radius 3 is 2.81 bits per heavy atom. The van der Waals surface area contributed by atoms with Gasteiger partial charge in [-0.25, -0.2) is 4.39 Å². The maximum atomic E-state index is 13.7. The molecule has 0 fully saturated rings. The Morgan fingerprint density at radius 2 is 2.05 bits per heavy atom. The van der Waals surface area contributed by atoms with Crippen LogP contribution in [0.1, 0.15) is 16.1 Å². The van der Waals surface area contributed by atoms with Crippen molar-refractivity contribution < 1.29 is 13.6 Å². The van der Waals surface area contributed by atoms with E-state index in [0.29, 0.717) is 5.58 Å². The SMILES string of the molecule is Cc1ccc2oc(C(=O)Nc3c(N)cccc3F)cc2c1. The summed E-state index contributed by atoms with van der Waals surface area (Å²) in [4.78, 5) is 12.1. The molecule has 3 aromatic rings. The average Bonchev–Trinajstić information content (AvgIpc) is 2.86. The molecule has 21 heavy (non-hydrogen) atoms. The molecule has 1 heterocycles. The lowest BCUT2D eigenvalue weighted by molar-refractivity contribution is 0.0998. The normalized spacial score (nSPS) is 10.8. The highest BCUT2D eigenvalue weighted by Gasteiger charge is 2.15. The number of hydrogen-bond acceptors (Lipinski definition) is 3. The first-order valence-electron chi connectivity index (χ1n) is 6.40. The van der Waals surface area contributed by atoms with Crippen molar-refractivity contribution in [2.24, 2.45) is 0 Å². The maximum absolute atomic E-state index is 13.7.